The second-order valence-electron chi connectivity index (χ2n) is 17.5. The summed E-state index contributed by atoms with van der Waals surface area (Å²) in [7, 11) is 3.70. The number of ether oxygens (including phenoxy) is 2. The maximum atomic E-state index is 12.9. The van der Waals surface area contributed by atoms with Crippen molar-refractivity contribution in [2.75, 3.05) is 46.9 Å². The molecule has 0 bridgehead atoms. The van der Waals surface area contributed by atoms with Gasteiger partial charge in [0, 0.05) is 33.5 Å². The highest BCUT2D eigenvalue weighted by molar-refractivity contribution is 5.80. The largest absolute Gasteiger partial charge is 0.478 e. The summed E-state index contributed by atoms with van der Waals surface area (Å²) < 4.78 is 11.5. The average Bonchev–Trinajstić information content (AvgIpc) is 3.21. The van der Waals surface area contributed by atoms with Crippen LogP contribution in [0.1, 0.15) is 239 Å². The monoisotopic (exact) mass is 836 g/mol. The fraction of sp³-hybridized carbons (Fsp3) is 0.900. The average molecular weight is 836 g/mol. The molecule has 0 spiro atoms. The second-order valence-corrected chi connectivity index (χ2v) is 17.5. The molecule has 0 saturated carbocycles. The van der Waals surface area contributed by atoms with Crippen LogP contribution in [0.5, 0.6) is 0 Å². The van der Waals surface area contributed by atoms with Crippen LogP contribution in [-0.2, 0) is 23.9 Å². The zero-order valence-electron chi connectivity index (χ0n) is 39.6. The first kappa shape index (κ1) is 56.7. The number of carboxylic acids is 1. The van der Waals surface area contributed by atoms with Crippen molar-refractivity contribution in [1.82, 2.24) is 15.1 Å². The van der Waals surface area contributed by atoms with E-state index >= 15 is 0 Å². The van der Waals surface area contributed by atoms with Gasteiger partial charge in [-0.25, -0.2) is 4.79 Å². The van der Waals surface area contributed by atoms with Crippen molar-refractivity contribution >= 4 is 17.9 Å². The molecular formula is C50H97N3O6. The van der Waals surface area contributed by atoms with Crippen LogP contribution in [0.25, 0.3) is 0 Å². The predicted molar refractivity (Wildman–Crippen MR) is 249 cm³/mol. The van der Waals surface area contributed by atoms with Crippen molar-refractivity contribution in [1.29, 1.82) is 0 Å². The lowest BCUT2D eigenvalue weighted by atomic mass is 10.0. The minimum absolute atomic E-state index is 0.00103. The van der Waals surface area contributed by atoms with Gasteiger partial charge in [0.2, 0.25) is 0 Å². The quantitative estimate of drug-likeness (QED) is 0.0352. The molecule has 0 radical (unpaired) electrons. The van der Waals surface area contributed by atoms with Crippen molar-refractivity contribution in [2.24, 2.45) is 0 Å². The molecule has 0 aliphatic carbocycles. The van der Waals surface area contributed by atoms with E-state index in [0.717, 1.165) is 122 Å². The number of hydrogen-bond acceptors (Lipinski definition) is 8. The van der Waals surface area contributed by atoms with Gasteiger partial charge in [-0.15, -0.1) is 0 Å². The Labute approximate surface area is 365 Å². The topological polar surface area (TPSA) is 108 Å². The number of esters is 2. The van der Waals surface area contributed by atoms with Crippen LogP contribution in [0.3, 0.4) is 0 Å². The SMILES string of the molecule is CCCCCCCCCOC(=O)CCCCCCCN(CCCCCCCC(=O)OC(CCCCCCCC)CCCCCCCC)CCCN/C(=C/C(=O)O)N(C)C. The first-order chi connectivity index (χ1) is 28.7. The molecule has 0 atom stereocenters. The maximum absolute atomic E-state index is 12.9. The summed E-state index contributed by atoms with van der Waals surface area (Å²) in [6, 6.07) is 0. The van der Waals surface area contributed by atoms with Gasteiger partial charge in [-0.3, -0.25) is 9.59 Å². The zero-order valence-corrected chi connectivity index (χ0v) is 39.6. The van der Waals surface area contributed by atoms with Crippen LogP contribution < -0.4 is 5.32 Å². The molecule has 0 aromatic heterocycles. The van der Waals surface area contributed by atoms with E-state index in [4.69, 9.17) is 9.47 Å². The molecule has 0 heterocycles. The molecule has 9 nitrogen and oxygen atoms in total. The summed E-state index contributed by atoms with van der Waals surface area (Å²) in [4.78, 5) is 40.6. The smallest absolute Gasteiger partial charge is 0.331 e. The van der Waals surface area contributed by atoms with E-state index in [0.29, 0.717) is 25.3 Å². The third kappa shape index (κ3) is 40.9. The summed E-state index contributed by atoms with van der Waals surface area (Å²) in [5.74, 6) is -0.379. The third-order valence-corrected chi connectivity index (χ3v) is 11.5. The molecular weight excluding hydrogens is 739 g/mol. The summed E-state index contributed by atoms with van der Waals surface area (Å²) in [6.07, 6.45) is 40.0. The first-order valence-electron chi connectivity index (χ1n) is 25.2. The Kier molecular flexibility index (Phi) is 42.1. The van der Waals surface area contributed by atoms with Gasteiger partial charge >= 0.3 is 17.9 Å². The molecule has 0 fully saturated rings. The van der Waals surface area contributed by atoms with Crippen molar-refractivity contribution < 1.29 is 29.0 Å². The summed E-state index contributed by atoms with van der Waals surface area (Å²) in [6.45, 7) is 11.1. The van der Waals surface area contributed by atoms with E-state index < -0.39 is 5.97 Å². The molecule has 0 rings (SSSR count). The molecule has 0 aromatic carbocycles. The van der Waals surface area contributed by atoms with Crippen LogP contribution in [0.4, 0.5) is 0 Å². The van der Waals surface area contributed by atoms with Crippen LogP contribution in [-0.4, -0.2) is 85.8 Å². The highest BCUT2D eigenvalue weighted by Gasteiger charge is 2.15. The summed E-state index contributed by atoms with van der Waals surface area (Å²) >= 11 is 0. The van der Waals surface area contributed by atoms with E-state index in [-0.39, 0.29) is 18.0 Å². The molecule has 0 unspecified atom stereocenters. The lowest BCUT2D eigenvalue weighted by Crippen LogP contribution is -2.32. The van der Waals surface area contributed by atoms with Crippen LogP contribution >= 0.6 is 0 Å². The zero-order chi connectivity index (χ0) is 43.4. The number of nitrogens with zero attached hydrogens (tertiary/aromatic N) is 2. The van der Waals surface area contributed by atoms with Gasteiger partial charge < -0.3 is 29.7 Å². The van der Waals surface area contributed by atoms with E-state index in [1.54, 1.807) is 4.90 Å². The normalized spacial score (nSPS) is 11.7. The molecule has 348 valence electrons. The molecule has 9 heteroatoms. The molecule has 0 aliphatic rings. The van der Waals surface area contributed by atoms with E-state index in [2.05, 4.69) is 31.0 Å². The number of carboxylic acid groups (broad SMARTS) is 1. The number of nitrogens with one attached hydrogen (secondary N) is 1. The Hall–Kier alpha value is -2.29. The minimum atomic E-state index is -0.948. The van der Waals surface area contributed by atoms with Crippen molar-refractivity contribution in [2.45, 2.75) is 245 Å². The third-order valence-electron chi connectivity index (χ3n) is 11.5. The number of aliphatic carboxylic acids is 1. The van der Waals surface area contributed by atoms with Crippen molar-refractivity contribution in [3.8, 4) is 0 Å². The van der Waals surface area contributed by atoms with Gasteiger partial charge in [0.05, 0.1) is 12.7 Å². The van der Waals surface area contributed by atoms with Gasteiger partial charge in [0.15, 0.2) is 0 Å². The fourth-order valence-electron chi connectivity index (χ4n) is 7.71. The van der Waals surface area contributed by atoms with E-state index in [9.17, 15) is 19.5 Å². The van der Waals surface area contributed by atoms with E-state index in [1.807, 2.05) is 14.1 Å². The molecule has 0 saturated heterocycles. The highest BCUT2D eigenvalue weighted by atomic mass is 16.5. The Morgan fingerprint density at radius 2 is 0.932 bits per heavy atom. The summed E-state index contributed by atoms with van der Waals surface area (Å²) in [5, 5.41) is 12.5. The molecule has 2 N–H and O–H groups in total. The van der Waals surface area contributed by atoms with Crippen molar-refractivity contribution in [3.05, 3.63) is 11.9 Å². The van der Waals surface area contributed by atoms with Gasteiger partial charge in [0.25, 0.3) is 0 Å². The number of rotatable bonds is 46. The Morgan fingerprint density at radius 1 is 0.525 bits per heavy atom. The van der Waals surface area contributed by atoms with Crippen LogP contribution in [0, 0.1) is 0 Å². The first-order valence-corrected chi connectivity index (χ1v) is 25.2. The molecule has 0 aliphatic heterocycles. The highest BCUT2D eigenvalue weighted by Crippen LogP contribution is 2.19. The predicted octanol–water partition coefficient (Wildman–Crippen LogP) is 13.1. The van der Waals surface area contributed by atoms with Crippen LogP contribution in [0.15, 0.2) is 11.9 Å². The summed E-state index contributed by atoms with van der Waals surface area (Å²) in [5.41, 5.74) is 0. The minimum Gasteiger partial charge on any atom is -0.478 e. The molecule has 59 heavy (non-hydrogen) atoms. The Bertz CT molecular complexity index is 974. The Balaban J connectivity index is 4.55. The maximum Gasteiger partial charge on any atom is 0.331 e. The van der Waals surface area contributed by atoms with Gasteiger partial charge in [0.1, 0.15) is 11.9 Å². The lowest BCUT2D eigenvalue weighted by molar-refractivity contribution is -0.150. The Morgan fingerprint density at radius 3 is 1.41 bits per heavy atom. The fourth-order valence-corrected chi connectivity index (χ4v) is 7.71. The van der Waals surface area contributed by atoms with Gasteiger partial charge in [-0.1, -0.05) is 162 Å². The number of hydrogen-bond donors (Lipinski definition) is 2. The number of carbonyl (C=O) groups is 3. The van der Waals surface area contributed by atoms with Gasteiger partial charge in [-0.05, 0) is 83.8 Å². The molecule has 0 aromatic rings. The molecule has 0 amide bonds. The number of unbranched alkanes of at least 4 members (excludes halogenated alkanes) is 24. The standard InChI is InChI=1S/C50H97N3O6/c1-6-9-12-15-18-27-34-44-58-49(56)38-30-23-19-25-32-41-53(43-35-40-51-47(52(4)5)45-48(54)55)42-33-26-20-24-31-39-50(57)59-46(36-28-21-16-13-10-7-2)37-29-22-17-14-11-8-3/h45-46,51H,6-44H2,1-5H3,(H,54,55)/b47-45-. The number of carbonyl (C=O) groups excluding carboxylic acids is 2. The van der Waals surface area contributed by atoms with Crippen molar-refractivity contribution in [3.63, 3.8) is 0 Å². The van der Waals surface area contributed by atoms with Gasteiger partial charge in [-0.2, -0.15) is 0 Å². The van der Waals surface area contributed by atoms with E-state index in [1.165, 1.54) is 115 Å². The van der Waals surface area contributed by atoms with Crippen LogP contribution in [0.2, 0.25) is 0 Å². The second kappa shape index (κ2) is 43.8. The lowest BCUT2D eigenvalue weighted by Gasteiger charge is -2.24.